The van der Waals surface area contributed by atoms with Crippen LogP contribution in [0.2, 0.25) is 0 Å². The maximum absolute atomic E-state index is 12.6. The highest BCUT2D eigenvalue weighted by Crippen LogP contribution is 2.35. The van der Waals surface area contributed by atoms with Gasteiger partial charge in [0.05, 0.1) is 37.5 Å². The number of sulfonamides is 1. The van der Waals surface area contributed by atoms with E-state index in [0.717, 1.165) is 0 Å². The molecule has 0 fully saturated rings. The van der Waals surface area contributed by atoms with Crippen molar-refractivity contribution in [1.82, 2.24) is 4.72 Å². The number of hydrogen-bond donors (Lipinski definition) is 2. The molecule has 0 heterocycles. The summed E-state index contributed by atoms with van der Waals surface area (Å²) in [5.74, 6) is 1.36. The van der Waals surface area contributed by atoms with Crippen LogP contribution in [0.25, 0.3) is 5.57 Å². The monoisotopic (exact) mass is 507 g/mol. The lowest BCUT2D eigenvalue weighted by Crippen LogP contribution is -2.34. The minimum atomic E-state index is -4.08. The third kappa shape index (κ3) is 6.14. The summed E-state index contributed by atoms with van der Waals surface area (Å²) < 4.78 is 43.3. The maximum atomic E-state index is 12.6. The van der Waals surface area contributed by atoms with Gasteiger partial charge in [0.1, 0.15) is 5.75 Å². The van der Waals surface area contributed by atoms with Crippen LogP contribution in [0.1, 0.15) is 18.1 Å². The molecule has 0 aliphatic heterocycles. The first-order chi connectivity index (χ1) is 17.3. The van der Waals surface area contributed by atoms with Gasteiger partial charge in [-0.25, -0.2) is 17.9 Å². The van der Waals surface area contributed by atoms with Gasteiger partial charge in [0.2, 0.25) is 0 Å². The number of carbonyl (C=O) groups is 1. The number of rotatable bonds is 9. The van der Waals surface area contributed by atoms with Crippen molar-refractivity contribution < 1.29 is 27.4 Å². The Bertz CT molecular complexity index is 1410. The van der Waals surface area contributed by atoms with E-state index in [0.29, 0.717) is 40.6 Å². The standard InChI is InChI=1S/C26H25N3O6S/c1-4-35-25-17-19(11-13-24(25)34-3)21(14-15-27)18-10-12-23(33-2)22(16-18)28-26(30)29-36(31,32)20-8-6-5-7-9-20/h5-14,16-17H,4H2,1-3H3,(H2,28,29,30)/b21-14+. The van der Waals surface area contributed by atoms with Crippen molar-refractivity contribution in [1.29, 1.82) is 5.26 Å². The number of anilines is 1. The zero-order valence-corrected chi connectivity index (χ0v) is 20.8. The number of benzene rings is 3. The number of hydrogen-bond acceptors (Lipinski definition) is 7. The van der Waals surface area contributed by atoms with Gasteiger partial charge in [-0.05, 0) is 60.0 Å². The van der Waals surface area contributed by atoms with Crippen LogP contribution in [0.5, 0.6) is 17.2 Å². The average molecular weight is 508 g/mol. The Hall–Kier alpha value is -4.49. The molecule has 9 nitrogen and oxygen atoms in total. The van der Waals surface area contributed by atoms with E-state index in [2.05, 4.69) is 5.32 Å². The van der Waals surface area contributed by atoms with Gasteiger partial charge in [-0.3, -0.25) is 0 Å². The first-order valence-corrected chi connectivity index (χ1v) is 12.3. The van der Waals surface area contributed by atoms with E-state index < -0.39 is 16.1 Å². The molecule has 3 aromatic rings. The molecule has 0 aliphatic rings. The van der Waals surface area contributed by atoms with Gasteiger partial charge in [0.25, 0.3) is 10.0 Å². The smallest absolute Gasteiger partial charge is 0.333 e. The van der Waals surface area contributed by atoms with Crippen LogP contribution in [0.15, 0.2) is 77.7 Å². The quantitative estimate of drug-likeness (QED) is 0.406. The molecule has 2 N–H and O–H groups in total. The number of nitrogens with zero attached hydrogens (tertiary/aromatic N) is 1. The molecule has 0 atom stereocenters. The Balaban J connectivity index is 1.95. The van der Waals surface area contributed by atoms with E-state index in [4.69, 9.17) is 14.2 Å². The van der Waals surface area contributed by atoms with Crippen LogP contribution in [-0.2, 0) is 10.0 Å². The van der Waals surface area contributed by atoms with Gasteiger partial charge in [-0.15, -0.1) is 0 Å². The first-order valence-electron chi connectivity index (χ1n) is 10.8. The van der Waals surface area contributed by atoms with E-state index in [9.17, 15) is 18.5 Å². The number of ether oxygens (including phenoxy) is 3. The van der Waals surface area contributed by atoms with E-state index >= 15 is 0 Å². The van der Waals surface area contributed by atoms with Crippen molar-refractivity contribution in [3.05, 3.63) is 83.9 Å². The fourth-order valence-corrected chi connectivity index (χ4v) is 4.34. The minimum Gasteiger partial charge on any atom is -0.495 e. The maximum Gasteiger partial charge on any atom is 0.333 e. The van der Waals surface area contributed by atoms with Crippen molar-refractivity contribution in [2.45, 2.75) is 11.8 Å². The Morgan fingerprint density at radius 1 is 0.944 bits per heavy atom. The van der Waals surface area contributed by atoms with Crippen LogP contribution >= 0.6 is 0 Å². The summed E-state index contributed by atoms with van der Waals surface area (Å²) in [5.41, 5.74) is 2.00. The van der Waals surface area contributed by atoms with Crippen molar-refractivity contribution in [2.24, 2.45) is 0 Å². The third-order valence-electron chi connectivity index (χ3n) is 5.02. The SMILES string of the molecule is CCOc1cc(/C(=C/C#N)c2ccc(OC)c(NC(=O)NS(=O)(=O)c3ccccc3)c2)ccc1OC. The molecule has 0 bridgehead atoms. The van der Waals surface area contributed by atoms with Gasteiger partial charge < -0.3 is 19.5 Å². The summed E-state index contributed by atoms with van der Waals surface area (Å²) in [5, 5.41) is 11.9. The Morgan fingerprint density at radius 3 is 2.19 bits per heavy atom. The van der Waals surface area contributed by atoms with E-state index in [1.54, 1.807) is 54.6 Å². The molecule has 0 saturated heterocycles. The summed E-state index contributed by atoms with van der Waals surface area (Å²) in [4.78, 5) is 12.5. The predicted molar refractivity (Wildman–Crippen MR) is 136 cm³/mol. The summed E-state index contributed by atoms with van der Waals surface area (Å²) in [6.45, 7) is 2.28. The lowest BCUT2D eigenvalue weighted by molar-refractivity contribution is 0.256. The Kier molecular flexibility index (Phi) is 8.54. The van der Waals surface area contributed by atoms with E-state index in [1.165, 1.54) is 32.4 Å². The molecule has 2 amide bonds. The van der Waals surface area contributed by atoms with Gasteiger partial charge >= 0.3 is 6.03 Å². The minimum absolute atomic E-state index is 0.0512. The zero-order chi connectivity index (χ0) is 26.1. The summed E-state index contributed by atoms with van der Waals surface area (Å²) >= 11 is 0. The number of amides is 2. The summed E-state index contributed by atoms with van der Waals surface area (Å²) in [6.07, 6.45) is 1.36. The Labute approximate surface area is 210 Å². The van der Waals surface area contributed by atoms with Crippen LogP contribution in [0.3, 0.4) is 0 Å². The molecule has 0 unspecified atom stereocenters. The molecule has 36 heavy (non-hydrogen) atoms. The fraction of sp³-hybridized carbons (Fsp3) is 0.154. The molecular weight excluding hydrogens is 482 g/mol. The largest absolute Gasteiger partial charge is 0.495 e. The lowest BCUT2D eigenvalue weighted by atomic mass is 9.96. The molecule has 3 rings (SSSR count). The fourth-order valence-electron chi connectivity index (χ4n) is 3.41. The van der Waals surface area contributed by atoms with Gasteiger partial charge in [0, 0.05) is 6.08 Å². The van der Waals surface area contributed by atoms with Crippen LogP contribution in [0.4, 0.5) is 10.5 Å². The van der Waals surface area contributed by atoms with E-state index in [-0.39, 0.29) is 10.6 Å². The lowest BCUT2D eigenvalue weighted by Gasteiger charge is -2.16. The highest BCUT2D eigenvalue weighted by atomic mass is 32.2. The highest BCUT2D eigenvalue weighted by molar-refractivity contribution is 7.90. The van der Waals surface area contributed by atoms with Crippen LogP contribution in [0, 0.1) is 11.3 Å². The molecule has 0 saturated carbocycles. The second kappa shape index (κ2) is 11.8. The number of nitrogens with one attached hydrogen (secondary N) is 2. The molecule has 0 aliphatic carbocycles. The topological polar surface area (TPSA) is 127 Å². The molecule has 0 radical (unpaired) electrons. The van der Waals surface area contributed by atoms with Crippen molar-refractivity contribution in [3.8, 4) is 23.3 Å². The van der Waals surface area contributed by atoms with Crippen molar-refractivity contribution in [2.75, 3.05) is 26.1 Å². The molecule has 0 aromatic heterocycles. The molecule has 3 aromatic carbocycles. The normalized spacial score (nSPS) is 11.2. The summed E-state index contributed by atoms with van der Waals surface area (Å²) in [6, 6.07) is 18.8. The van der Waals surface area contributed by atoms with Gasteiger partial charge in [-0.2, -0.15) is 5.26 Å². The van der Waals surface area contributed by atoms with Crippen LogP contribution < -0.4 is 24.2 Å². The third-order valence-corrected chi connectivity index (χ3v) is 6.37. The molecule has 0 spiro atoms. The van der Waals surface area contributed by atoms with Crippen molar-refractivity contribution >= 4 is 27.3 Å². The van der Waals surface area contributed by atoms with Crippen molar-refractivity contribution in [3.63, 3.8) is 0 Å². The van der Waals surface area contributed by atoms with Gasteiger partial charge in [0.15, 0.2) is 11.5 Å². The summed E-state index contributed by atoms with van der Waals surface area (Å²) in [7, 11) is -1.12. The average Bonchev–Trinajstić information content (AvgIpc) is 2.87. The van der Waals surface area contributed by atoms with Gasteiger partial charge in [-0.1, -0.05) is 30.3 Å². The number of allylic oxidation sites excluding steroid dienone is 1. The predicted octanol–water partition coefficient (Wildman–Crippen LogP) is 4.57. The first kappa shape index (κ1) is 26.1. The zero-order valence-electron chi connectivity index (χ0n) is 19.9. The highest BCUT2D eigenvalue weighted by Gasteiger charge is 2.19. The molecule has 10 heteroatoms. The second-order valence-electron chi connectivity index (χ2n) is 7.27. The molecular formula is C26H25N3O6S. The van der Waals surface area contributed by atoms with Crippen LogP contribution in [-0.4, -0.2) is 35.3 Å². The second-order valence-corrected chi connectivity index (χ2v) is 8.96. The Morgan fingerprint density at radius 2 is 1.58 bits per heavy atom. The number of urea groups is 1. The molecule has 186 valence electrons. The number of methoxy groups -OCH3 is 2. The van der Waals surface area contributed by atoms with E-state index in [1.807, 2.05) is 17.7 Å². The number of nitriles is 1. The number of carbonyl (C=O) groups excluding carboxylic acids is 1.